The Labute approximate surface area is 167 Å². The van der Waals surface area contributed by atoms with Gasteiger partial charge in [-0.15, -0.1) is 0 Å². The van der Waals surface area contributed by atoms with Crippen LogP contribution in [0.15, 0.2) is 24.3 Å². The average Bonchev–Trinajstić information content (AvgIpc) is 2.64. The number of aliphatic carboxylic acids is 1. The molecule has 0 bridgehead atoms. The first-order valence-electron chi connectivity index (χ1n) is 8.83. The zero-order chi connectivity index (χ0) is 22.0. The molecule has 0 saturated carbocycles. The maximum atomic E-state index is 12.4. The molecule has 0 aliphatic heterocycles. The normalized spacial score (nSPS) is 12.2. The second kappa shape index (κ2) is 11.4. The number of nitrogens with one attached hydrogen (secondary N) is 1. The SMILES string of the molecule is CCOC(=O)C[C@@H](C(=O)OCC)[C@H](NC(=O)c1ccc(OC(C)=O)cc1)C(=O)O. The zero-order valence-electron chi connectivity index (χ0n) is 16.3. The lowest BCUT2D eigenvalue weighted by Gasteiger charge is -2.22. The van der Waals surface area contributed by atoms with Crippen LogP contribution in [0.4, 0.5) is 0 Å². The third-order valence-electron chi connectivity index (χ3n) is 3.61. The molecule has 0 radical (unpaired) electrons. The number of amides is 1. The number of hydrogen-bond acceptors (Lipinski definition) is 8. The largest absolute Gasteiger partial charge is 0.480 e. The van der Waals surface area contributed by atoms with Crippen molar-refractivity contribution in [2.24, 2.45) is 5.92 Å². The number of carbonyl (C=O) groups excluding carboxylic acids is 4. The number of carboxylic acid groups (broad SMARTS) is 1. The molecular weight excluding hydrogens is 386 g/mol. The summed E-state index contributed by atoms with van der Waals surface area (Å²) >= 11 is 0. The Morgan fingerprint density at radius 1 is 1.00 bits per heavy atom. The van der Waals surface area contributed by atoms with Crippen LogP contribution in [0.1, 0.15) is 37.6 Å². The van der Waals surface area contributed by atoms with Gasteiger partial charge in [0.25, 0.3) is 5.91 Å². The minimum Gasteiger partial charge on any atom is -0.480 e. The van der Waals surface area contributed by atoms with Gasteiger partial charge in [0.1, 0.15) is 11.8 Å². The van der Waals surface area contributed by atoms with E-state index in [9.17, 15) is 29.1 Å². The van der Waals surface area contributed by atoms with Crippen molar-refractivity contribution in [2.45, 2.75) is 33.2 Å². The van der Waals surface area contributed by atoms with Crippen LogP contribution in [-0.2, 0) is 28.7 Å². The van der Waals surface area contributed by atoms with E-state index in [0.717, 1.165) is 0 Å². The number of carbonyl (C=O) groups is 5. The minimum absolute atomic E-state index is 0.0317. The molecule has 29 heavy (non-hydrogen) atoms. The Kier molecular flexibility index (Phi) is 9.30. The standard InChI is InChI=1S/C19H23NO9/c1-4-27-15(22)10-14(19(26)28-5-2)16(18(24)25)20-17(23)12-6-8-13(9-7-12)29-11(3)21/h6-9,14,16H,4-5,10H2,1-3H3,(H,20,23)(H,24,25)/t14-,16+/m1/s1. The van der Waals surface area contributed by atoms with Gasteiger partial charge in [0.15, 0.2) is 0 Å². The molecule has 0 aliphatic rings. The van der Waals surface area contributed by atoms with Crippen LogP contribution in [0, 0.1) is 5.92 Å². The summed E-state index contributed by atoms with van der Waals surface area (Å²) < 4.78 is 14.5. The van der Waals surface area contributed by atoms with Crippen LogP contribution in [0.3, 0.4) is 0 Å². The Balaban J connectivity index is 3.03. The van der Waals surface area contributed by atoms with Crippen molar-refractivity contribution in [2.75, 3.05) is 13.2 Å². The fraction of sp³-hybridized carbons (Fsp3) is 0.421. The van der Waals surface area contributed by atoms with Crippen LogP contribution < -0.4 is 10.1 Å². The van der Waals surface area contributed by atoms with Crippen molar-refractivity contribution in [1.82, 2.24) is 5.32 Å². The van der Waals surface area contributed by atoms with Gasteiger partial charge in [-0.05, 0) is 38.1 Å². The molecule has 10 heteroatoms. The third kappa shape index (κ3) is 7.60. The van der Waals surface area contributed by atoms with E-state index in [4.69, 9.17) is 14.2 Å². The summed E-state index contributed by atoms with van der Waals surface area (Å²) in [6, 6.07) is 3.62. The summed E-state index contributed by atoms with van der Waals surface area (Å²) in [7, 11) is 0. The van der Waals surface area contributed by atoms with E-state index in [0.29, 0.717) is 0 Å². The van der Waals surface area contributed by atoms with E-state index in [1.807, 2.05) is 0 Å². The lowest BCUT2D eigenvalue weighted by molar-refractivity contribution is -0.159. The Morgan fingerprint density at radius 2 is 1.59 bits per heavy atom. The first kappa shape index (κ1) is 23.6. The summed E-state index contributed by atoms with van der Waals surface area (Å²) in [5.74, 6) is -5.87. The average molecular weight is 409 g/mol. The van der Waals surface area contributed by atoms with Crippen molar-refractivity contribution in [3.63, 3.8) is 0 Å². The Morgan fingerprint density at radius 3 is 2.07 bits per heavy atom. The molecule has 1 amide bonds. The minimum atomic E-state index is -1.72. The lowest BCUT2D eigenvalue weighted by atomic mass is 9.95. The van der Waals surface area contributed by atoms with Gasteiger partial charge in [-0.3, -0.25) is 19.2 Å². The number of benzene rings is 1. The van der Waals surface area contributed by atoms with Crippen LogP contribution in [0.5, 0.6) is 5.75 Å². The highest BCUT2D eigenvalue weighted by molar-refractivity contribution is 5.98. The summed E-state index contributed by atoms with van der Waals surface area (Å²) in [5.41, 5.74) is 0.0610. The molecular formula is C19H23NO9. The first-order chi connectivity index (χ1) is 13.7. The van der Waals surface area contributed by atoms with E-state index in [1.165, 1.54) is 38.1 Å². The van der Waals surface area contributed by atoms with Crippen molar-refractivity contribution in [3.05, 3.63) is 29.8 Å². The lowest BCUT2D eigenvalue weighted by Crippen LogP contribution is -2.49. The van der Waals surface area contributed by atoms with Crippen molar-refractivity contribution in [3.8, 4) is 5.75 Å². The molecule has 0 saturated heterocycles. The van der Waals surface area contributed by atoms with Crippen molar-refractivity contribution < 1.29 is 43.3 Å². The summed E-state index contributed by atoms with van der Waals surface area (Å²) in [6.07, 6.45) is -0.574. The highest BCUT2D eigenvalue weighted by Gasteiger charge is 2.38. The smallest absolute Gasteiger partial charge is 0.327 e. The maximum Gasteiger partial charge on any atom is 0.327 e. The first-order valence-corrected chi connectivity index (χ1v) is 8.83. The third-order valence-corrected chi connectivity index (χ3v) is 3.61. The molecule has 0 heterocycles. The number of carboxylic acids is 1. The molecule has 2 N–H and O–H groups in total. The quantitative estimate of drug-likeness (QED) is 0.425. The number of rotatable bonds is 10. The van der Waals surface area contributed by atoms with Gasteiger partial charge in [-0.1, -0.05) is 0 Å². The molecule has 0 unspecified atom stereocenters. The number of esters is 3. The van der Waals surface area contributed by atoms with Crippen molar-refractivity contribution in [1.29, 1.82) is 0 Å². The van der Waals surface area contributed by atoms with Gasteiger partial charge in [0.05, 0.1) is 25.6 Å². The van der Waals surface area contributed by atoms with Crippen LogP contribution in [0.25, 0.3) is 0 Å². The summed E-state index contributed by atoms with van der Waals surface area (Å²) in [6.45, 7) is 4.33. The molecule has 158 valence electrons. The van der Waals surface area contributed by atoms with Gasteiger partial charge >= 0.3 is 23.9 Å². The number of hydrogen-bond donors (Lipinski definition) is 2. The predicted octanol–water partition coefficient (Wildman–Crippen LogP) is 0.927. The predicted molar refractivity (Wildman–Crippen MR) is 98.0 cm³/mol. The van der Waals surface area contributed by atoms with Crippen LogP contribution >= 0.6 is 0 Å². The monoisotopic (exact) mass is 409 g/mol. The molecule has 1 aromatic carbocycles. The molecule has 0 aromatic heterocycles. The second-order valence-electron chi connectivity index (χ2n) is 5.78. The summed E-state index contributed by atoms with van der Waals surface area (Å²) in [5, 5.41) is 11.7. The van der Waals surface area contributed by atoms with E-state index < -0.39 is 48.2 Å². The summed E-state index contributed by atoms with van der Waals surface area (Å²) in [4.78, 5) is 59.1. The highest BCUT2D eigenvalue weighted by atomic mass is 16.5. The van der Waals surface area contributed by atoms with Gasteiger partial charge in [0, 0.05) is 12.5 Å². The number of ether oxygens (including phenoxy) is 3. The van der Waals surface area contributed by atoms with Crippen LogP contribution in [-0.4, -0.2) is 54.1 Å². The molecule has 10 nitrogen and oxygen atoms in total. The second-order valence-corrected chi connectivity index (χ2v) is 5.78. The molecule has 0 fully saturated rings. The molecule has 2 atom stereocenters. The molecule has 1 aromatic rings. The van der Waals surface area contributed by atoms with Gasteiger partial charge in [-0.2, -0.15) is 0 Å². The van der Waals surface area contributed by atoms with Gasteiger partial charge in [0.2, 0.25) is 0 Å². The van der Waals surface area contributed by atoms with E-state index in [2.05, 4.69) is 5.32 Å². The fourth-order valence-corrected chi connectivity index (χ4v) is 2.39. The van der Waals surface area contributed by atoms with E-state index in [-0.39, 0.29) is 24.5 Å². The molecule has 0 aliphatic carbocycles. The van der Waals surface area contributed by atoms with Crippen LogP contribution in [0.2, 0.25) is 0 Å². The highest BCUT2D eigenvalue weighted by Crippen LogP contribution is 2.16. The molecule has 0 spiro atoms. The van der Waals surface area contributed by atoms with Gasteiger partial charge < -0.3 is 24.6 Å². The zero-order valence-corrected chi connectivity index (χ0v) is 16.3. The topological polar surface area (TPSA) is 145 Å². The van der Waals surface area contributed by atoms with Crippen molar-refractivity contribution >= 4 is 29.8 Å². The van der Waals surface area contributed by atoms with E-state index >= 15 is 0 Å². The fourth-order valence-electron chi connectivity index (χ4n) is 2.39. The Hall–Kier alpha value is -3.43. The van der Waals surface area contributed by atoms with E-state index in [1.54, 1.807) is 6.92 Å². The maximum absolute atomic E-state index is 12.4. The molecule has 1 rings (SSSR count). The Bertz CT molecular complexity index is 757. The van der Waals surface area contributed by atoms with Gasteiger partial charge in [-0.25, -0.2) is 4.79 Å².